The van der Waals surface area contributed by atoms with Crippen molar-refractivity contribution in [2.24, 2.45) is 0 Å². The number of esters is 2. The van der Waals surface area contributed by atoms with Crippen LogP contribution in [0.1, 0.15) is 32.4 Å². The van der Waals surface area contributed by atoms with Gasteiger partial charge in [-0.2, -0.15) is 0 Å². The number of carbonyl (C=O) groups is 2. The number of benzene rings is 1. The van der Waals surface area contributed by atoms with Gasteiger partial charge in [0.25, 0.3) is 0 Å². The second-order valence-corrected chi connectivity index (χ2v) is 6.05. The van der Waals surface area contributed by atoms with Gasteiger partial charge in [0.1, 0.15) is 5.75 Å². The molecule has 2 N–H and O–H groups in total. The first-order valence-electron chi connectivity index (χ1n) is 8.17. The molecule has 140 valence electrons. The van der Waals surface area contributed by atoms with E-state index >= 15 is 0 Å². The van der Waals surface area contributed by atoms with Gasteiger partial charge >= 0.3 is 11.9 Å². The van der Waals surface area contributed by atoms with Gasteiger partial charge < -0.3 is 24.8 Å². The lowest BCUT2D eigenvalue weighted by Gasteiger charge is -2.29. The molecule has 0 saturated carbocycles. The van der Waals surface area contributed by atoms with E-state index in [0.29, 0.717) is 28.7 Å². The summed E-state index contributed by atoms with van der Waals surface area (Å²) in [5.74, 6) is -0.342. The zero-order chi connectivity index (χ0) is 19.3. The average molecular weight is 378 g/mol. The molecule has 0 aliphatic carbocycles. The van der Waals surface area contributed by atoms with Crippen molar-refractivity contribution < 1.29 is 23.8 Å². The summed E-state index contributed by atoms with van der Waals surface area (Å²) in [5.41, 5.74) is 1.90. The lowest BCUT2D eigenvalue weighted by Crippen LogP contribution is -2.45. The van der Waals surface area contributed by atoms with Crippen LogP contribution in [0, 0.1) is 0 Å². The van der Waals surface area contributed by atoms with E-state index < -0.39 is 24.1 Å². The molecule has 26 heavy (non-hydrogen) atoms. The normalized spacial score (nSPS) is 17.7. The summed E-state index contributed by atoms with van der Waals surface area (Å²) >= 11 is 5.19. The van der Waals surface area contributed by atoms with Crippen LogP contribution >= 0.6 is 12.2 Å². The number of methoxy groups -OCH3 is 1. The number of rotatable bonds is 6. The van der Waals surface area contributed by atoms with Crippen molar-refractivity contribution in [2.75, 3.05) is 13.7 Å². The average Bonchev–Trinajstić information content (AvgIpc) is 2.61. The van der Waals surface area contributed by atoms with E-state index in [1.165, 1.54) is 7.11 Å². The third-order valence-corrected chi connectivity index (χ3v) is 4.04. The van der Waals surface area contributed by atoms with Crippen LogP contribution in [-0.4, -0.2) is 36.9 Å². The monoisotopic (exact) mass is 378 g/mol. The molecule has 7 nitrogen and oxygen atoms in total. The van der Waals surface area contributed by atoms with E-state index in [4.69, 9.17) is 26.4 Å². The Morgan fingerprint density at radius 1 is 1.27 bits per heavy atom. The molecule has 2 rings (SSSR count). The summed E-state index contributed by atoms with van der Waals surface area (Å²) in [7, 11) is 1.33. The molecule has 1 aromatic rings. The number of hydrogen-bond acceptors (Lipinski definition) is 6. The maximum absolute atomic E-state index is 12.1. The van der Waals surface area contributed by atoms with Gasteiger partial charge in [0.15, 0.2) is 11.2 Å². The minimum absolute atomic E-state index is 0.300. The standard InChI is InChI=1S/C18H22N2O5S/c1-5-24-16(21)11(3)25-13-8-6-12(7-9-13)15-14(17(22)23-4)10(2)19-18(26)20-15/h6-9,11,15H,5H2,1-4H3,(H2,19,20,26). The molecular formula is C18H22N2O5S. The molecule has 1 aliphatic rings. The Bertz CT molecular complexity index is 730. The van der Waals surface area contributed by atoms with Gasteiger partial charge in [-0.1, -0.05) is 12.1 Å². The molecule has 0 fully saturated rings. The molecule has 1 heterocycles. The fourth-order valence-corrected chi connectivity index (χ4v) is 2.85. The fourth-order valence-electron chi connectivity index (χ4n) is 2.58. The second-order valence-electron chi connectivity index (χ2n) is 5.64. The van der Waals surface area contributed by atoms with Crippen molar-refractivity contribution in [2.45, 2.75) is 32.9 Å². The Morgan fingerprint density at radius 3 is 2.50 bits per heavy atom. The molecule has 2 atom stereocenters. The van der Waals surface area contributed by atoms with Crippen molar-refractivity contribution in [3.8, 4) is 5.75 Å². The van der Waals surface area contributed by atoms with E-state index in [2.05, 4.69) is 10.6 Å². The van der Waals surface area contributed by atoms with Crippen LogP contribution in [0.15, 0.2) is 35.5 Å². The summed E-state index contributed by atoms with van der Waals surface area (Å²) in [5, 5.41) is 6.43. The number of ether oxygens (including phenoxy) is 3. The topological polar surface area (TPSA) is 85.9 Å². The van der Waals surface area contributed by atoms with Crippen molar-refractivity contribution in [1.29, 1.82) is 0 Å². The first kappa shape index (κ1) is 19.7. The summed E-state index contributed by atoms with van der Waals surface area (Å²) < 4.78 is 15.4. The van der Waals surface area contributed by atoms with Gasteiger partial charge in [-0.25, -0.2) is 9.59 Å². The Balaban J connectivity index is 2.20. The van der Waals surface area contributed by atoms with Crippen LogP contribution in [0.3, 0.4) is 0 Å². The van der Waals surface area contributed by atoms with Gasteiger partial charge in [0, 0.05) is 5.70 Å². The quantitative estimate of drug-likeness (QED) is 0.574. The largest absolute Gasteiger partial charge is 0.479 e. The highest BCUT2D eigenvalue weighted by Gasteiger charge is 2.30. The molecule has 0 bridgehead atoms. The van der Waals surface area contributed by atoms with Crippen molar-refractivity contribution in [1.82, 2.24) is 10.6 Å². The molecule has 1 aromatic carbocycles. The van der Waals surface area contributed by atoms with E-state index in [1.54, 1.807) is 45.0 Å². The molecule has 0 saturated heterocycles. The van der Waals surface area contributed by atoms with Crippen LogP contribution in [0.25, 0.3) is 0 Å². The zero-order valence-electron chi connectivity index (χ0n) is 15.1. The first-order chi connectivity index (χ1) is 12.4. The van der Waals surface area contributed by atoms with Crippen LogP contribution in [-0.2, 0) is 19.1 Å². The summed E-state index contributed by atoms with van der Waals surface area (Å²) in [6, 6.07) is 6.61. The highest BCUT2D eigenvalue weighted by molar-refractivity contribution is 7.80. The van der Waals surface area contributed by atoms with Gasteiger partial charge in [-0.05, 0) is 50.7 Å². The predicted octanol–water partition coefficient (Wildman–Crippen LogP) is 1.98. The smallest absolute Gasteiger partial charge is 0.347 e. The van der Waals surface area contributed by atoms with E-state index in [9.17, 15) is 9.59 Å². The highest BCUT2D eigenvalue weighted by Crippen LogP contribution is 2.29. The maximum atomic E-state index is 12.1. The molecule has 0 amide bonds. The molecule has 0 aromatic heterocycles. The first-order valence-corrected chi connectivity index (χ1v) is 8.58. The highest BCUT2D eigenvalue weighted by atomic mass is 32.1. The SMILES string of the molecule is CCOC(=O)C(C)Oc1ccc(C2NC(=S)NC(C)=C2C(=O)OC)cc1. The third kappa shape index (κ3) is 4.51. The van der Waals surface area contributed by atoms with Gasteiger partial charge in [-0.3, -0.25) is 0 Å². The lowest BCUT2D eigenvalue weighted by atomic mass is 9.95. The minimum atomic E-state index is -0.710. The van der Waals surface area contributed by atoms with Crippen molar-refractivity contribution in [3.63, 3.8) is 0 Å². The molecule has 2 unspecified atom stereocenters. The number of thiocarbonyl (C=S) groups is 1. The number of nitrogens with one attached hydrogen (secondary N) is 2. The van der Waals surface area contributed by atoms with Gasteiger partial charge in [-0.15, -0.1) is 0 Å². The molecule has 0 radical (unpaired) electrons. The summed E-state index contributed by atoms with van der Waals surface area (Å²) in [6.45, 7) is 5.43. The summed E-state index contributed by atoms with van der Waals surface area (Å²) in [6.07, 6.45) is -0.710. The number of allylic oxidation sites excluding steroid dienone is 1. The third-order valence-electron chi connectivity index (χ3n) is 3.82. The molecule has 1 aliphatic heterocycles. The predicted molar refractivity (Wildman–Crippen MR) is 99.5 cm³/mol. The van der Waals surface area contributed by atoms with Crippen molar-refractivity contribution >= 4 is 29.3 Å². The van der Waals surface area contributed by atoms with Crippen LogP contribution < -0.4 is 15.4 Å². The zero-order valence-corrected chi connectivity index (χ0v) is 15.9. The Labute approximate surface area is 157 Å². The van der Waals surface area contributed by atoms with E-state index in [-0.39, 0.29) is 0 Å². The van der Waals surface area contributed by atoms with E-state index in [0.717, 1.165) is 5.56 Å². The van der Waals surface area contributed by atoms with Crippen molar-refractivity contribution in [3.05, 3.63) is 41.1 Å². The molecular weight excluding hydrogens is 356 g/mol. The fraction of sp³-hybridized carbons (Fsp3) is 0.389. The van der Waals surface area contributed by atoms with Crippen LogP contribution in [0.5, 0.6) is 5.75 Å². The van der Waals surface area contributed by atoms with Gasteiger partial charge in [0.2, 0.25) is 0 Å². The molecule has 8 heteroatoms. The minimum Gasteiger partial charge on any atom is -0.479 e. The Kier molecular flexibility index (Phi) is 6.57. The lowest BCUT2D eigenvalue weighted by molar-refractivity contribution is -0.150. The number of carbonyl (C=O) groups excluding carboxylic acids is 2. The van der Waals surface area contributed by atoms with E-state index in [1.807, 2.05) is 0 Å². The summed E-state index contributed by atoms with van der Waals surface area (Å²) in [4.78, 5) is 23.8. The van der Waals surface area contributed by atoms with Crippen LogP contribution in [0.4, 0.5) is 0 Å². The maximum Gasteiger partial charge on any atom is 0.347 e. The Hall–Kier alpha value is -2.61. The number of hydrogen-bond donors (Lipinski definition) is 2. The Morgan fingerprint density at radius 2 is 1.92 bits per heavy atom. The van der Waals surface area contributed by atoms with Crippen LogP contribution in [0.2, 0.25) is 0 Å². The molecule has 0 spiro atoms. The second kappa shape index (κ2) is 8.66. The van der Waals surface area contributed by atoms with Gasteiger partial charge in [0.05, 0.1) is 25.3 Å².